The van der Waals surface area contributed by atoms with E-state index in [1.165, 1.54) is 16.8 Å². The molecule has 0 aliphatic heterocycles. The van der Waals surface area contributed by atoms with Crippen molar-refractivity contribution in [3.63, 3.8) is 0 Å². The van der Waals surface area contributed by atoms with Crippen LogP contribution < -0.4 is 5.32 Å². The molecule has 136 valence electrons. The van der Waals surface area contributed by atoms with Gasteiger partial charge in [-0.25, -0.2) is 4.98 Å². The van der Waals surface area contributed by atoms with Crippen molar-refractivity contribution in [1.29, 1.82) is 0 Å². The number of anilines is 2. The molecule has 0 fully saturated rings. The van der Waals surface area contributed by atoms with E-state index in [2.05, 4.69) is 94.5 Å². The summed E-state index contributed by atoms with van der Waals surface area (Å²) in [4.78, 5) is 9.21. The lowest BCUT2D eigenvalue weighted by molar-refractivity contribution is 0.983. The second-order valence-electron chi connectivity index (χ2n) is 6.62. The number of aromatic nitrogens is 3. The maximum Gasteiger partial charge on any atom is 0.143 e. The summed E-state index contributed by atoms with van der Waals surface area (Å²) in [6, 6.07) is 14.7. The molecule has 0 saturated carbocycles. The van der Waals surface area contributed by atoms with Gasteiger partial charge in [-0.15, -0.1) is 0 Å². The van der Waals surface area contributed by atoms with Gasteiger partial charge in [0.25, 0.3) is 0 Å². The number of nitrogens with zero attached hydrogens (tertiary/aromatic N) is 3. The Bertz CT molecular complexity index is 1110. The van der Waals surface area contributed by atoms with E-state index in [4.69, 9.17) is 4.98 Å². The highest BCUT2D eigenvalue weighted by atomic mass is 127. The van der Waals surface area contributed by atoms with Crippen LogP contribution in [0.25, 0.3) is 16.9 Å². The number of fused-ring (bicyclic) bond motifs is 1. The average Bonchev–Trinajstić information content (AvgIpc) is 3.03. The van der Waals surface area contributed by atoms with Gasteiger partial charge in [0.15, 0.2) is 0 Å². The van der Waals surface area contributed by atoms with E-state index in [1.54, 1.807) is 0 Å². The predicted molar refractivity (Wildman–Crippen MR) is 120 cm³/mol. The number of pyridine rings is 2. The quantitative estimate of drug-likeness (QED) is 0.378. The van der Waals surface area contributed by atoms with Crippen LogP contribution in [0.5, 0.6) is 0 Å². The molecule has 0 amide bonds. The van der Waals surface area contributed by atoms with Crippen LogP contribution in [-0.4, -0.2) is 14.4 Å². The Morgan fingerprint density at radius 2 is 1.78 bits per heavy atom. The molecule has 0 radical (unpaired) electrons. The summed E-state index contributed by atoms with van der Waals surface area (Å²) < 4.78 is 3.32. The number of benzene rings is 1. The number of nitrogens with one attached hydrogen (secondary N) is 1. The fourth-order valence-corrected chi connectivity index (χ4v) is 4.03. The number of rotatable bonds is 4. The van der Waals surface area contributed by atoms with Gasteiger partial charge in [-0.3, -0.25) is 9.38 Å². The third kappa shape index (κ3) is 3.20. The Kier molecular flexibility index (Phi) is 4.86. The van der Waals surface area contributed by atoms with Gasteiger partial charge < -0.3 is 5.32 Å². The smallest absolute Gasteiger partial charge is 0.143 e. The molecular weight excluding hydrogens is 447 g/mol. The molecule has 3 aromatic heterocycles. The maximum absolute atomic E-state index is 4.98. The molecule has 4 rings (SSSR count). The lowest BCUT2D eigenvalue weighted by Gasteiger charge is -2.15. The molecule has 4 aromatic rings. The number of hydrogen-bond donors (Lipinski definition) is 1. The van der Waals surface area contributed by atoms with Crippen molar-refractivity contribution >= 4 is 39.7 Å². The van der Waals surface area contributed by atoms with Crippen LogP contribution in [0.2, 0.25) is 0 Å². The lowest BCUT2D eigenvalue weighted by atomic mass is 10.1. The van der Waals surface area contributed by atoms with E-state index in [-0.39, 0.29) is 0 Å². The molecule has 0 unspecified atom stereocenters. The van der Waals surface area contributed by atoms with Gasteiger partial charge in [0, 0.05) is 32.9 Å². The van der Waals surface area contributed by atoms with Crippen LogP contribution >= 0.6 is 22.6 Å². The van der Waals surface area contributed by atoms with Gasteiger partial charge in [-0.05, 0) is 72.2 Å². The first-order chi connectivity index (χ1) is 13.1. The zero-order chi connectivity index (χ0) is 19.0. The standard InChI is InChI=1S/C22H21IN4/c1-4-16-9-6-10-19-25-21(17-11-12-24-13-18(17)23)22(27(16)19)26-20-14(2)7-5-8-15(20)3/h5-13,26H,4H2,1-3H3. The van der Waals surface area contributed by atoms with Gasteiger partial charge in [-0.2, -0.15) is 0 Å². The molecular formula is C22H21IN4. The third-order valence-electron chi connectivity index (χ3n) is 4.84. The minimum atomic E-state index is 0.933. The number of hydrogen-bond acceptors (Lipinski definition) is 3. The molecule has 1 aromatic carbocycles. The number of aryl methyl sites for hydroxylation is 3. The molecule has 0 bridgehead atoms. The van der Waals surface area contributed by atoms with E-state index in [1.807, 2.05) is 18.5 Å². The topological polar surface area (TPSA) is 42.2 Å². The van der Waals surface area contributed by atoms with E-state index in [0.717, 1.165) is 38.4 Å². The highest BCUT2D eigenvalue weighted by Gasteiger charge is 2.19. The Hall–Kier alpha value is -2.41. The number of imidazole rings is 1. The molecule has 1 N–H and O–H groups in total. The fraction of sp³-hybridized carbons (Fsp3) is 0.182. The zero-order valence-electron chi connectivity index (χ0n) is 15.6. The van der Waals surface area contributed by atoms with Crippen molar-refractivity contribution in [2.45, 2.75) is 27.2 Å². The summed E-state index contributed by atoms with van der Waals surface area (Å²) in [5.74, 6) is 1.00. The van der Waals surface area contributed by atoms with Crippen LogP contribution in [0.4, 0.5) is 11.5 Å². The van der Waals surface area contributed by atoms with Crippen molar-refractivity contribution in [2.24, 2.45) is 0 Å². The van der Waals surface area contributed by atoms with Gasteiger partial charge in [0.2, 0.25) is 0 Å². The second-order valence-corrected chi connectivity index (χ2v) is 7.78. The largest absolute Gasteiger partial charge is 0.339 e. The van der Waals surface area contributed by atoms with E-state index >= 15 is 0 Å². The van der Waals surface area contributed by atoms with Crippen LogP contribution in [0.1, 0.15) is 23.7 Å². The molecule has 3 heterocycles. The van der Waals surface area contributed by atoms with E-state index < -0.39 is 0 Å². The molecule has 27 heavy (non-hydrogen) atoms. The lowest BCUT2D eigenvalue weighted by Crippen LogP contribution is -2.04. The summed E-state index contributed by atoms with van der Waals surface area (Å²) in [5.41, 5.74) is 7.78. The Morgan fingerprint density at radius 1 is 1.04 bits per heavy atom. The molecule has 0 saturated heterocycles. The predicted octanol–water partition coefficient (Wildman–Crippen LogP) is 5.92. The van der Waals surface area contributed by atoms with Gasteiger partial charge >= 0.3 is 0 Å². The molecule has 0 atom stereocenters. The maximum atomic E-state index is 4.98. The summed E-state index contributed by atoms with van der Waals surface area (Å²) in [6.07, 6.45) is 4.64. The van der Waals surface area contributed by atoms with Crippen LogP contribution in [0.15, 0.2) is 54.9 Å². The van der Waals surface area contributed by atoms with Crippen molar-refractivity contribution in [3.05, 3.63) is 75.2 Å². The summed E-state index contributed by atoms with van der Waals surface area (Å²) in [5, 5.41) is 3.71. The first kappa shape index (κ1) is 18.0. The monoisotopic (exact) mass is 468 g/mol. The second kappa shape index (κ2) is 7.31. The Labute approximate surface area is 172 Å². The zero-order valence-corrected chi connectivity index (χ0v) is 17.8. The first-order valence-electron chi connectivity index (χ1n) is 9.03. The average molecular weight is 468 g/mol. The number of para-hydroxylation sites is 1. The van der Waals surface area contributed by atoms with Crippen molar-refractivity contribution in [2.75, 3.05) is 5.32 Å². The van der Waals surface area contributed by atoms with Gasteiger partial charge in [0.05, 0.1) is 0 Å². The van der Waals surface area contributed by atoms with Crippen molar-refractivity contribution in [1.82, 2.24) is 14.4 Å². The fourth-order valence-electron chi connectivity index (χ4n) is 3.44. The Balaban J connectivity index is 2.02. The molecule has 5 heteroatoms. The number of halogens is 1. The minimum Gasteiger partial charge on any atom is -0.339 e. The SMILES string of the molecule is CCc1cccc2nc(-c3ccncc3I)c(Nc3c(C)cccc3C)n12. The van der Waals surface area contributed by atoms with Crippen molar-refractivity contribution in [3.8, 4) is 11.3 Å². The van der Waals surface area contributed by atoms with Gasteiger partial charge in [-0.1, -0.05) is 31.2 Å². The van der Waals surface area contributed by atoms with Crippen molar-refractivity contribution < 1.29 is 0 Å². The third-order valence-corrected chi connectivity index (χ3v) is 5.70. The van der Waals surface area contributed by atoms with E-state index in [0.29, 0.717) is 0 Å². The molecule has 0 aliphatic rings. The normalized spacial score (nSPS) is 11.1. The van der Waals surface area contributed by atoms with Crippen LogP contribution in [0.3, 0.4) is 0 Å². The van der Waals surface area contributed by atoms with Crippen LogP contribution in [-0.2, 0) is 6.42 Å². The summed E-state index contributed by atoms with van der Waals surface area (Å²) in [6.45, 7) is 6.44. The molecule has 0 spiro atoms. The summed E-state index contributed by atoms with van der Waals surface area (Å²) >= 11 is 2.33. The minimum absolute atomic E-state index is 0.933. The molecule has 4 nitrogen and oxygen atoms in total. The summed E-state index contributed by atoms with van der Waals surface area (Å²) in [7, 11) is 0. The van der Waals surface area contributed by atoms with Crippen LogP contribution in [0, 0.1) is 17.4 Å². The van der Waals surface area contributed by atoms with E-state index in [9.17, 15) is 0 Å². The van der Waals surface area contributed by atoms with Gasteiger partial charge in [0.1, 0.15) is 17.2 Å². The Morgan fingerprint density at radius 3 is 2.48 bits per heavy atom. The molecule has 0 aliphatic carbocycles. The highest BCUT2D eigenvalue weighted by Crippen LogP contribution is 2.35. The highest BCUT2D eigenvalue weighted by molar-refractivity contribution is 14.1. The first-order valence-corrected chi connectivity index (χ1v) is 10.1.